The highest BCUT2D eigenvalue weighted by Crippen LogP contribution is 2.37. The van der Waals surface area contributed by atoms with Crippen LogP contribution in [0.4, 0.5) is 13.2 Å². The lowest BCUT2D eigenvalue weighted by Crippen LogP contribution is -2.16. The molecule has 186 valence electrons. The Kier molecular flexibility index (Phi) is 7.94. The Morgan fingerprint density at radius 3 is 1.97 bits per heavy atom. The quantitative estimate of drug-likeness (QED) is 0.312. The van der Waals surface area contributed by atoms with E-state index < -0.39 is 12.3 Å². The van der Waals surface area contributed by atoms with E-state index in [0.29, 0.717) is 22.6 Å². The third kappa shape index (κ3) is 7.67. The van der Waals surface area contributed by atoms with Gasteiger partial charge in [0.05, 0.1) is 6.61 Å². The van der Waals surface area contributed by atoms with Crippen molar-refractivity contribution in [3.63, 3.8) is 0 Å². The van der Waals surface area contributed by atoms with Crippen LogP contribution in [0.2, 0.25) is 0 Å². The molecule has 0 atom stereocenters. The van der Waals surface area contributed by atoms with Crippen molar-refractivity contribution in [1.29, 1.82) is 0 Å². The zero-order valence-electron chi connectivity index (χ0n) is 19.9. The molecule has 35 heavy (non-hydrogen) atoms. The Bertz CT molecular complexity index is 1130. The minimum atomic E-state index is -4.76. The van der Waals surface area contributed by atoms with Crippen LogP contribution in [0, 0.1) is 0 Å². The highest BCUT2D eigenvalue weighted by molar-refractivity contribution is 5.72. The van der Waals surface area contributed by atoms with Crippen molar-refractivity contribution in [2.45, 2.75) is 39.5 Å². The van der Waals surface area contributed by atoms with Crippen LogP contribution >= 0.6 is 0 Å². The van der Waals surface area contributed by atoms with E-state index in [1.165, 1.54) is 24.3 Å². The van der Waals surface area contributed by atoms with E-state index in [4.69, 9.17) is 14.2 Å². The van der Waals surface area contributed by atoms with Crippen LogP contribution in [-0.2, 0) is 14.9 Å². The van der Waals surface area contributed by atoms with Gasteiger partial charge >= 0.3 is 12.3 Å². The second kappa shape index (κ2) is 10.7. The summed E-state index contributed by atoms with van der Waals surface area (Å²) in [6.07, 6.45) is -4.76. The minimum absolute atomic E-state index is 0.00518. The molecule has 0 saturated carbocycles. The summed E-state index contributed by atoms with van der Waals surface area (Å²) in [4.78, 5) is 11.8. The van der Waals surface area contributed by atoms with E-state index in [1.54, 1.807) is 25.1 Å². The van der Waals surface area contributed by atoms with Gasteiger partial charge in [0, 0.05) is 0 Å². The molecule has 0 N–H and O–H groups in total. The molecule has 0 fully saturated rings. The predicted molar refractivity (Wildman–Crippen MR) is 126 cm³/mol. The number of hydrogen-bond donors (Lipinski definition) is 0. The number of rotatable bonds is 8. The summed E-state index contributed by atoms with van der Waals surface area (Å²) in [5.74, 6) is 0.385. The lowest BCUT2D eigenvalue weighted by Gasteiger charge is -2.19. The van der Waals surface area contributed by atoms with E-state index in [0.717, 1.165) is 5.56 Å². The van der Waals surface area contributed by atoms with Gasteiger partial charge in [0.25, 0.3) is 0 Å². The van der Waals surface area contributed by atoms with Gasteiger partial charge in [-0.3, -0.25) is 0 Å². The molecular weight excluding hydrogens is 461 g/mol. The van der Waals surface area contributed by atoms with Crippen LogP contribution in [0.3, 0.4) is 0 Å². The third-order valence-corrected chi connectivity index (χ3v) is 4.96. The summed E-state index contributed by atoms with van der Waals surface area (Å²) in [6.45, 7) is 7.94. The van der Waals surface area contributed by atoms with E-state index in [1.807, 2.05) is 24.3 Å². The first kappa shape index (κ1) is 25.9. The van der Waals surface area contributed by atoms with Gasteiger partial charge in [-0.05, 0) is 65.4 Å². The number of esters is 1. The minimum Gasteiger partial charge on any atom is -0.478 e. The van der Waals surface area contributed by atoms with E-state index in [-0.39, 0.29) is 30.1 Å². The van der Waals surface area contributed by atoms with Gasteiger partial charge in [-0.15, -0.1) is 13.2 Å². The number of hydrogen-bond acceptors (Lipinski definition) is 5. The lowest BCUT2D eigenvalue weighted by atomic mass is 9.87. The fourth-order valence-corrected chi connectivity index (χ4v) is 3.22. The van der Waals surface area contributed by atoms with Crippen LogP contribution < -0.4 is 14.2 Å². The zero-order chi connectivity index (χ0) is 25.6. The van der Waals surface area contributed by atoms with Gasteiger partial charge < -0.3 is 18.9 Å². The Balaban J connectivity index is 1.87. The van der Waals surface area contributed by atoms with Gasteiger partial charge in [0.2, 0.25) is 0 Å². The highest BCUT2D eigenvalue weighted by Gasteiger charge is 2.31. The monoisotopic (exact) mass is 488 g/mol. The van der Waals surface area contributed by atoms with Crippen LogP contribution in [0.1, 0.15) is 33.3 Å². The first-order chi connectivity index (χ1) is 16.4. The van der Waals surface area contributed by atoms with Crippen LogP contribution in [0.5, 0.6) is 23.0 Å². The molecule has 0 aliphatic rings. The number of carbonyl (C=O) groups is 1. The van der Waals surface area contributed by atoms with Gasteiger partial charge in [-0.1, -0.05) is 51.1 Å². The second-order valence-electron chi connectivity index (χ2n) is 8.70. The van der Waals surface area contributed by atoms with E-state index in [9.17, 15) is 18.0 Å². The van der Waals surface area contributed by atoms with Gasteiger partial charge in [-0.2, -0.15) is 0 Å². The summed E-state index contributed by atoms with van der Waals surface area (Å²) < 4.78 is 57.8. The molecule has 3 aromatic rings. The standard InChI is InChI=1S/C27H27F3O5/c1-5-32-25(31)17-33-24-16-19(18-6-11-22(12-7-18)35-27(28,29)30)8-15-23(24)34-21-13-9-20(10-14-21)26(2,3)4/h6-16H,5,17H2,1-4H3. The summed E-state index contributed by atoms with van der Waals surface area (Å²) in [6, 6.07) is 18.2. The van der Waals surface area contributed by atoms with Gasteiger partial charge in [0.15, 0.2) is 18.1 Å². The Labute approximate surface area is 202 Å². The summed E-state index contributed by atoms with van der Waals surface area (Å²) in [5, 5.41) is 0. The van der Waals surface area contributed by atoms with E-state index in [2.05, 4.69) is 25.5 Å². The van der Waals surface area contributed by atoms with Crippen LogP contribution in [-0.4, -0.2) is 25.5 Å². The lowest BCUT2D eigenvalue weighted by molar-refractivity contribution is -0.274. The van der Waals surface area contributed by atoms with E-state index >= 15 is 0 Å². The van der Waals surface area contributed by atoms with Gasteiger partial charge in [0.1, 0.15) is 11.5 Å². The van der Waals surface area contributed by atoms with Crippen molar-refractivity contribution in [3.8, 4) is 34.1 Å². The maximum Gasteiger partial charge on any atom is 0.573 e. The molecule has 8 heteroatoms. The van der Waals surface area contributed by atoms with Crippen molar-refractivity contribution < 1.29 is 36.9 Å². The summed E-state index contributed by atoms with van der Waals surface area (Å²) in [5.41, 5.74) is 2.42. The number of benzene rings is 3. The van der Waals surface area contributed by atoms with Crippen molar-refractivity contribution in [2.75, 3.05) is 13.2 Å². The molecule has 0 spiro atoms. The number of halogens is 3. The molecule has 0 unspecified atom stereocenters. The first-order valence-electron chi connectivity index (χ1n) is 11.0. The van der Waals surface area contributed by atoms with Crippen molar-refractivity contribution in [2.24, 2.45) is 0 Å². The molecule has 0 bridgehead atoms. The molecule has 0 aromatic heterocycles. The average Bonchev–Trinajstić information content (AvgIpc) is 2.78. The number of carbonyl (C=O) groups excluding carboxylic acids is 1. The van der Waals surface area contributed by atoms with Crippen molar-refractivity contribution >= 4 is 5.97 Å². The third-order valence-electron chi connectivity index (χ3n) is 4.96. The normalized spacial score (nSPS) is 11.6. The molecule has 0 aliphatic heterocycles. The maximum atomic E-state index is 12.4. The fraction of sp³-hybridized carbons (Fsp3) is 0.296. The molecule has 0 radical (unpaired) electrons. The molecule has 0 aliphatic carbocycles. The first-order valence-corrected chi connectivity index (χ1v) is 11.0. The molecule has 0 heterocycles. The van der Waals surface area contributed by atoms with Crippen LogP contribution in [0.25, 0.3) is 11.1 Å². The highest BCUT2D eigenvalue weighted by atomic mass is 19.4. The molecule has 3 aromatic carbocycles. The van der Waals surface area contributed by atoms with Crippen molar-refractivity contribution in [3.05, 3.63) is 72.3 Å². The number of alkyl halides is 3. The molecule has 0 amide bonds. The predicted octanol–water partition coefficient (Wildman–Crippen LogP) is 7.28. The number of ether oxygens (including phenoxy) is 4. The Morgan fingerprint density at radius 1 is 0.800 bits per heavy atom. The largest absolute Gasteiger partial charge is 0.573 e. The molecule has 5 nitrogen and oxygen atoms in total. The smallest absolute Gasteiger partial charge is 0.478 e. The zero-order valence-corrected chi connectivity index (χ0v) is 19.9. The maximum absolute atomic E-state index is 12.4. The summed E-state index contributed by atoms with van der Waals surface area (Å²) >= 11 is 0. The molecule has 3 rings (SSSR count). The Hall–Kier alpha value is -3.68. The van der Waals surface area contributed by atoms with Crippen LogP contribution in [0.15, 0.2) is 66.7 Å². The molecule has 0 saturated heterocycles. The topological polar surface area (TPSA) is 54.0 Å². The van der Waals surface area contributed by atoms with Crippen molar-refractivity contribution in [1.82, 2.24) is 0 Å². The fourth-order valence-electron chi connectivity index (χ4n) is 3.22. The summed E-state index contributed by atoms with van der Waals surface area (Å²) in [7, 11) is 0. The molecular formula is C27H27F3O5. The average molecular weight is 489 g/mol. The second-order valence-corrected chi connectivity index (χ2v) is 8.70. The Morgan fingerprint density at radius 2 is 1.40 bits per heavy atom. The SMILES string of the molecule is CCOC(=O)COc1cc(-c2ccc(OC(F)(F)F)cc2)ccc1Oc1ccc(C(C)(C)C)cc1. The van der Waals surface area contributed by atoms with Gasteiger partial charge in [-0.25, -0.2) is 4.79 Å².